The van der Waals surface area contributed by atoms with Crippen LogP contribution in [0.5, 0.6) is 0 Å². The van der Waals surface area contributed by atoms with Gasteiger partial charge in [0.25, 0.3) is 11.2 Å². The SMILES string of the molecule is O=c1c2cc([N+](=O)[O-])ccc2ncn1Cc1nc(-c2cc(Br)cs2)no1. The molecule has 3 heterocycles. The Kier molecular flexibility index (Phi) is 4.09. The first-order valence-corrected chi connectivity index (χ1v) is 8.89. The van der Waals surface area contributed by atoms with Crippen LogP contribution in [0.4, 0.5) is 5.69 Å². The van der Waals surface area contributed by atoms with Gasteiger partial charge in [-0.25, -0.2) is 4.98 Å². The molecule has 11 heteroatoms. The van der Waals surface area contributed by atoms with Crippen molar-refractivity contribution in [2.24, 2.45) is 0 Å². The van der Waals surface area contributed by atoms with Crippen molar-refractivity contribution in [2.75, 3.05) is 0 Å². The van der Waals surface area contributed by atoms with Crippen LogP contribution in [0.1, 0.15) is 5.89 Å². The maximum absolute atomic E-state index is 12.6. The lowest BCUT2D eigenvalue weighted by atomic mass is 10.2. The maximum Gasteiger partial charge on any atom is 0.270 e. The van der Waals surface area contributed by atoms with Gasteiger partial charge in [-0.05, 0) is 28.1 Å². The molecule has 4 aromatic rings. The zero-order valence-corrected chi connectivity index (χ0v) is 15.2. The minimum absolute atomic E-state index is 0.0179. The van der Waals surface area contributed by atoms with Gasteiger partial charge < -0.3 is 4.52 Å². The zero-order chi connectivity index (χ0) is 18.3. The van der Waals surface area contributed by atoms with Crippen molar-refractivity contribution in [3.8, 4) is 10.7 Å². The lowest BCUT2D eigenvalue weighted by Crippen LogP contribution is -2.21. The van der Waals surface area contributed by atoms with E-state index in [0.29, 0.717) is 11.3 Å². The molecule has 0 aliphatic heterocycles. The number of nitro benzene ring substituents is 1. The number of aromatic nitrogens is 4. The molecule has 9 nitrogen and oxygen atoms in total. The zero-order valence-electron chi connectivity index (χ0n) is 12.8. The smallest absolute Gasteiger partial charge is 0.270 e. The Morgan fingerprint density at radius 1 is 1.35 bits per heavy atom. The Morgan fingerprint density at radius 2 is 2.19 bits per heavy atom. The number of halogens is 1. The standard InChI is InChI=1S/C15H8BrN5O4S/c16-8-3-12(26-6-8)14-18-13(25-19-14)5-20-7-17-11-2-1-9(21(23)24)4-10(11)15(20)22/h1-4,6-7H,5H2. The molecule has 0 fully saturated rings. The van der Waals surface area contributed by atoms with Crippen molar-refractivity contribution < 1.29 is 9.45 Å². The van der Waals surface area contributed by atoms with Crippen LogP contribution < -0.4 is 5.56 Å². The summed E-state index contributed by atoms with van der Waals surface area (Å²) in [5.41, 5.74) is -0.207. The van der Waals surface area contributed by atoms with Crippen molar-refractivity contribution in [3.63, 3.8) is 0 Å². The van der Waals surface area contributed by atoms with Gasteiger partial charge >= 0.3 is 0 Å². The largest absolute Gasteiger partial charge is 0.337 e. The number of rotatable bonds is 4. The molecule has 0 N–H and O–H groups in total. The van der Waals surface area contributed by atoms with E-state index in [9.17, 15) is 14.9 Å². The summed E-state index contributed by atoms with van der Waals surface area (Å²) in [5, 5.41) is 16.9. The van der Waals surface area contributed by atoms with Gasteiger partial charge in [0.2, 0.25) is 11.7 Å². The summed E-state index contributed by atoms with van der Waals surface area (Å²) in [6.45, 7) is 0.0179. The molecule has 3 aromatic heterocycles. The molecule has 26 heavy (non-hydrogen) atoms. The van der Waals surface area contributed by atoms with Crippen LogP contribution >= 0.6 is 27.3 Å². The van der Waals surface area contributed by atoms with Gasteiger partial charge in [0.05, 0.1) is 27.0 Å². The second-order valence-electron chi connectivity index (χ2n) is 5.28. The van der Waals surface area contributed by atoms with E-state index in [2.05, 4.69) is 31.1 Å². The highest BCUT2D eigenvalue weighted by Crippen LogP contribution is 2.27. The van der Waals surface area contributed by atoms with Crippen LogP contribution in [0.25, 0.3) is 21.6 Å². The minimum Gasteiger partial charge on any atom is -0.337 e. The fourth-order valence-corrected chi connectivity index (χ4v) is 3.72. The van der Waals surface area contributed by atoms with Crippen molar-refractivity contribution in [2.45, 2.75) is 6.54 Å². The second-order valence-corrected chi connectivity index (χ2v) is 7.10. The minimum atomic E-state index is -0.556. The molecule has 4 rings (SSSR count). The molecule has 130 valence electrons. The lowest BCUT2D eigenvalue weighted by Gasteiger charge is -2.03. The van der Waals surface area contributed by atoms with Gasteiger partial charge in [0, 0.05) is 22.0 Å². The quantitative estimate of drug-likeness (QED) is 0.358. The first-order chi connectivity index (χ1) is 12.5. The van der Waals surface area contributed by atoms with Gasteiger partial charge in [-0.15, -0.1) is 11.3 Å². The Morgan fingerprint density at radius 3 is 2.92 bits per heavy atom. The molecule has 0 atom stereocenters. The third-order valence-electron chi connectivity index (χ3n) is 3.58. The fraction of sp³-hybridized carbons (Fsp3) is 0.0667. The molecule has 0 bridgehead atoms. The van der Waals surface area contributed by atoms with Crippen LogP contribution in [-0.2, 0) is 6.54 Å². The van der Waals surface area contributed by atoms with E-state index in [1.807, 2.05) is 11.4 Å². The molecule has 0 amide bonds. The van der Waals surface area contributed by atoms with E-state index in [1.54, 1.807) is 0 Å². The monoisotopic (exact) mass is 433 g/mol. The number of hydrogen-bond acceptors (Lipinski definition) is 8. The molecule has 0 spiro atoms. The van der Waals surface area contributed by atoms with Gasteiger partial charge in [0.1, 0.15) is 6.54 Å². The Bertz CT molecular complexity index is 1200. The number of nitro groups is 1. The van der Waals surface area contributed by atoms with Crippen molar-refractivity contribution >= 4 is 43.9 Å². The average Bonchev–Trinajstić information content (AvgIpc) is 3.26. The van der Waals surface area contributed by atoms with E-state index < -0.39 is 10.5 Å². The van der Waals surface area contributed by atoms with E-state index in [0.717, 1.165) is 9.35 Å². The number of hydrogen-bond donors (Lipinski definition) is 0. The highest BCUT2D eigenvalue weighted by Gasteiger charge is 2.14. The number of thiophene rings is 1. The summed E-state index contributed by atoms with van der Waals surface area (Å²) in [7, 11) is 0. The van der Waals surface area contributed by atoms with Gasteiger partial charge in [-0.2, -0.15) is 4.98 Å². The van der Waals surface area contributed by atoms with Crippen molar-refractivity contribution in [1.82, 2.24) is 19.7 Å². The van der Waals surface area contributed by atoms with Crippen LogP contribution in [0.15, 0.2) is 49.8 Å². The summed E-state index contributed by atoms with van der Waals surface area (Å²) in [6, 6.07) is 5.83. The summed E-state index contributed by atoms with van der Waals surface area (Å²) in [6.07, 6.45) is 1.35. The van der Waals surface area contributed by atoms with E-state index in [4.69, 9.17) is 4.52 Å². The normalized spacial score (nSPS) is 11.1. The van der Waals surface area contributed by atoms with Crippen molar-refractivity contribution in [1.29, 1.82) is 0 Å². The molecule has 0 aliphatic carbocycles. The Balaban J connectivity index is 1.69. The van der Waals surface area contributed by atoms with E-state index >= 15 is 0 Å². The summed E-state index contributed by atoms with van der Waals surface area (Å²) >= 11 is 4.82. The first kappa shape index (κ1) is 16.5. The molecule has 0 unspecified atom stereocenters. The third kappa shape index (κ3) is 3.02. The van der Waals surface area contributed by atoms with Gasteiger partial charge in [-0.1, -0.05) is 5.16 Å². The van der Waals surface area contributed by atoms with Crippen LogP contribution in [-0.4, -0.2) is 24.6 Å². The maximum atomic E-state index is 12.6. The average molecular weight is 434 g/mol. The molecule has 0 aliphatic rings. The van der Waals surface area contributed by atoms with Gasteiger partial charge in [0.15, 0.2) is 0 Å². The molecule has 0 saturated heterocycles. The summed E-state index contributed by atoms with van der Waals surface area (Å²) < 4.78 is 7.38. The van der Waals surface area contributed by atoms with E-state index in [-0.39, 0.29) is 23.5 Å². The first-order valence-electron chi connectivity index (χ1n) is 7.22. The van der Waals surface area contributed by atoms with Crippen LogP contribution in [0, 0.1) is 10.1 Å². The highest BCUT2D eigenvalue weighted by atomic mass is 79.9. The molecule has 0 saturated carbocycles. The van der Waals surface area contributed by atoms with E-state index in [1.165, 1.54) is 40.4 Å². The second kappa shape index (κ2) is 6.42. The molecule has 0 radical (unpaired) electrons. The Labute approximate surface area is 157 Å². The molecule has 1 aromatic carbocycles. The highest BCUT2D eigenvalue weighted by molar-refractivity contribution is 9.10. The third-order valence-corrected chi connectivity index (χ3v) is 5.27. The van der Waals surface area contributed by atoms with Crippen molar-refractivity contribution in [3.05, 3.63) is 66.8 Å². The molecular weight excluding hydrogens is 426 g/mol. The predicted octanol–water partition coefficient (Wildman–Crippen LogP) is 3.23. The number of nitrogens with zero attached hydrogens (tertiary/aromatic N) is 5. The van der Waals surface area contributed by atoms with Gasteiger partial charge in [-0.3, -0.25) is 19.5 Å². The van der Waals surface area contributed by atoms with Crippen LogP contribution in [0.2, 0.25) is 0 Å². The lowest BCUT2D eigenvalue weighted by molar-refractivity contribution is -0.384. The number of non-ortho nitro benzene ring substituents is 1. The number of fused-ring (bicyclic) bond motifs is 1. The number of benzene rings is 1. The van der Waals surface area contributed by atoms with Crippen LogP contribution in [0.3, 0.4) is 0 Å². The topological polar surface area (TPSA) is 117 Å². The summed E-state index contributed by atoms with van der Waals surface area (Å²) in [4.78, 5) is 32.2. The Hall–Kier alpha value is -2.92. The predicted molar refractivity (Wildman–Crippen MR) is 97.1 cm³/mol. The fourth-order valence-electron chi connectivity index (χ4n) is 2.37. The summed E-state index contributed by atoms with van der Waals surface area (Å²) in [5.74, 6) is 0.659. The molecular formula is C15H8BrN5O4S.